The molecule has 1 saturated carbocycles. The summed E-state index contributed by atoms with van der Waals surface area (Å²) in [5.41, 5.74) is 1.23. The second kappa shape index (κ2) is 7.69. The molecule has 1 aliphatic rings. The van der Waals surface area contributed by atoms with Crippen LogP contribution in [0.3, 0.4) is 0 Å². The number of hydrogen-bond acceptors (Lipinski definition) is 1. The monoisotopic (exact) mass is 432 g/mol. The van der Waals surface area contributed by atoms with Crippen molar-refractivity contribution in [2.45, 2.75) is 76.3 Å². The van der Waals surface area contributed by atoms with Crippen LogP contribution in [0.4, 0.5) is 17.6 Å². The highest BCUT2D eigenvalue weighted by Gasteiger charge is 2.46. The topological polar surface area (TPSA) is 48.0 Å². The van der Waals surface area contributed by atoms with Crippen LogP contribution in [-0.2, 0) is 17.5 Å². The summed E-state index contributed by atoms with van der Waals surface area (Å²) in [6, 6.07) is 2.97. The molecule has 0 radical (unpaired) electrons. The summed E-state index contributed by atoms with van der Waals surface area (Å²) in [4.78, 5) is 0. The SMILES string of the molecule is CC(C)Cn1cc([C@H](CC(C)(C)S(N)=O)C(F)(F)F)c2cc(F)c(C3CC3)cc21. The number of nitrogens with two attached hydrogens (primary N) is 1. The lowest BCUT2D eigenvalue weighted by atomic mass is 9.88. The Hall–Kier alpha value is -1.41. The van der Waals surface area contributed by atoms with E-state index in [4.69, 9.17) is 5.14 Å². The quantitative estimate of drug-likeness (QED) is 0.557. The Morgan fingerprint density at radius 3 is 2.34 bits per heavy atom. The zero-order valence-electron chi connectivity index (χ0n) is 17.1. The highest BCUT2D eigenvalue weighted by atomic mass is 32.2. The van der Waals surface area contributed by atoms with Crippen LogP contribution < -0.4 is 5.14 Å². The minimum atomic E-state index is -4.57. The largest absolute Gasteiger partial charge is 0.395 e. The molecule has 1 unspecified atom stereocenters. The molecule has 2 aromatic rings. The lowest BCUT2D eigenvalue weighted by molar-refractivity contribution is -0.152. The number of nitrogens with zero attached hydrogens (tertiary/aromatic N) is 1. The lowest BCUT2D eigenvalue weighted by Gasteiger charge is -2.29. The molecule has 162 valence electrons. The fraction of sp³-hybridized carbons (Fsp3) is 0.619. The van der Waals surface area contributed by atoms with Gasteiger partial charge in [0.1, 0.15) is 5.82 Å². The van der Waals surface area contributed by atoms with E-state index in [1.165, 1.54) is 26.1 Å². The fourth-order valence-electron chi connectivity index (χ4n) is 3.86. The summed E-state index contributed by atoms with van der Waals surface area (Å²) >= 11 is 0. The number of fused-ring (bicyclic) bond motifs is 1. The molecule has 0 saturated heterocycles. The van der Waals surface area contributed by atoms with Gasteiger partial charge in [-0.15, -0.1) is 0 Å². The smallest absolute Gasteiger partial charge is 0.347 e. The number of rotatable bonds is 7. The van der Waals surface area contributed by atoms with Crippen molar-refractivity contribution in [3.63, 3.8) is 0 Å². The van der Waals surface area contributed by atoms with E-state index in [2.05, 4.69) is 0 Å². The normalized spacial score (nSPS) is 17.9. The summed E-state index contributed by atoms with van der Waals surface area (Å²) in [6.45, 7) is 7.42. The molecule has 0 aliphatic heterocycles. The molecule has 3 nitrogen and oxygen atoms in total. The third-order valence-corrected chi connectivity index (χ3v) is 6.88. The van der Waals surface area contributed by atoms with Gasteiger partial charge in [0, 0.05) is 23.6 Å². The van der Waals surface area contributed by atoms with Crippen LogP contribution in [0.15, 0.2) is 18.3 Å². The van der Waals surface area contributed by atoms with Crippen molar-refractivity contribution in [3.8, 4) is 0 Å². The van der Waals surface area contributed by atoms with E-state index < -0.39 is 40.1 Å². The summed E-state index contributed by atoms with van der Waals surface area (Å²) in [5, 5.41) is 5.72. The van der Waals surface area contributed by atoms with Crippen LogP contribution in [0.5, 0.6) is 0 Å². The van der Waals surface area contributed by atoms with Gasteiger partial charge in [0.05, 0.1) is 21.7 Å². The van der Waals surface area contributed by atoms with Crippen LogP contribution in [-0.4, -0.2) is 19.7 Å². The molecule has 1 heterocycles. The Labute approximate surface area is 171 Å². The zero-order chi connectivity index (χ0) is 21.7. The number of hydrogen-bond donors (Lipinski definition) is 1. The highest BCUT2D eigenvalue weighted by Crippen LogP contribution is 2.47. The first-order valence-electron chi connectivity index (χ1n) is 9.86. The van der Waals surface area contributed by atoms with E-state index in [0.29, 0.717) is 17.6 Å². The molecule has 1 fully saturated rings. The Morgan fingerprint density at radius 2 is 1.86 bits per heavy atom. The van der Waals surface area contributed by atoms with Crippen molar-refractivity contribution in [1.29, 1.82) is 0 Å². The lowest BCUT2D eigenvalue weighted by Crippen LogP contribution is -2.37. The van der Waals surface area contributed by atoms with Crippen molar-refractivity contribution in [2.75, 3.05) is 0 Å². The van der Waals surface area contributed by atoms with E-state index in [1.54, 1.807) is 10.6 Å². The molecule has 0 amide bonds. The van der Waals surface area contributed by atoms with Crippen LogP contribution in [0.1, 0.15) is 69.9 Å². The maximum Gasteiger partial charge on any atom is 0.395 e. The number of aromatic nitrogens is 1. The molecule has 8 heteroatoms. The minimum Gasteiger partial charge on any atom is -0.347 e. The fourth-order valence-corrected chi connectivity index (χ4v) is 4.19. The van der Waals surface area contributed by atoms with Crippen molar-refractivity contribution in [3.05, 3.63) is 35.3 Å². The van der Waals surface area contributed by atoms with E-state index in [9.17, 15) is 21.8 Å². The molecule has 2 N–H and O–H groups in total. The van der Waals surface area contributed by atoms with E-state index in [0.717, 1.165) is 12.8 Å². The molecule has 0 bridgehead atoms. The molecule has 1 aliphatic carbocycles. The molecule has 2 atom stereocenters. The molecule has 29 heavy (non-hydrogen) atoms. The van der Waals surface area contributed by atoms with Gasteiger partial charge in [-0.2, -0.15) is 13.2 Å². The Bertz CT molecular complexity index is 929. The second-order valence-corrected chi connectivity index (χ2v) is 10.9. The average molecular weight is 433 g/mol. The molecular formula is C21H28F4N2OS. The first-order valence-corrected chi connectivity index (χ1v) is 11.1. The van der Waals surface area contributed by atoms with Crippen LogP contribution in [0.2, 0.25) is 0 Å². The first-order chi connectivity index (χ1) is 13.3. The number of alkyl halides is 3. The van der Waals surface area contributed by atoms with Gasteiger partial charge < -0.3 is 4.57 Å². The van der Waals surface area contributed by atoms with Crippen molar-refractivity contribution in [1.82, 2.24) is 4.57 Å². The third kappa shape index (κ3) is 4.68. The van der Waals surface area contributed by atoms with Crippen molar-refractivity contribution in [2.24, 2.45) is 11.1 Å². The summed E-state index contributed by atoms with van der Waals surface area (Å²) in [7, 11) is -1.93. The zero-order valence-corrected chi connectivity index (χ0v) is 18.0. The molecule has 0 spiro atoms. The average Bonchev–Trinajstić information content (AvgIpc) is 3.35. The van der Waals surface area contributed by atoms with Gasteiger partial charge in [-0.1, -0.05) is 13.8 Å². The van der Waals surface area contributed by atoms with Crippen LogP contribution in [0, 0.1) is 11.7 Å². The molecule has 3 rings (SSSR count). The maximum atomic E-state index is 14.7. The summed E-state index contributed by atoms with van der Waals surface area (Å²) < 4.78 is 69.3. The van der Waals surface area contributed by atoms with Gasteiger partial charge >= 0.3 is 6.18 Å². The van der Waals surface area contributed by atoms with E-state index in [-0.39, 0.29) is 22.8 Å². The van der Waals surface area contributed by atoms with E-state index >= 15 is 0 Å². The van der Waals surface area contributed by atoms with Gasteiger partial charge in [0.25, 0.3) is 0 Å². The Kier molecular flexibility index (Phi) is 5.91. The standard InChI is InChI=1S/C21H28F4N2OS/c1-12(2)10-27-11-16(17(21(23,24)25)9-20(3,4)29(26)28)15-7-18(22)14(8-19(15)27)13-5-6-13/h7-8,11-13,17H,5-6,9-10,26H2,1-4H3/t17-,29?/m0/s1. The van der Waals surface area contributed by atoms with E-state index in [1.807, 2.05) is 13.8 Å². The van der Waals surface area contributed by atoms with Gasteiger partial charge in [0.15, 0.2) is 0 Å². The first kappa shape index (κ1) is 22.3. The van der Waals surface area contributed by atoms with Crippen molar-refractivity contribution < 1.29 is 21.8 Å². The van der Waals surface area contributed by atoms with Crippen LogP contribution >= 0.6 is 0 Å². The Balaban J connectivity index is 2.19. The van der Waals surface area contributed by atoms with Crippen molar-refractivity contribution >= 4 is 21.9 Å². The van der Waals surface area contributed by atoms with Crippen LogP contribution in [0.25, 0.3) is 10.9 Å². The molecular weight excluding hydrogens is 404 g/mol. The number of benzene rings is 1. The third-order valence-electron chi connectivity index (χ3n) is 5.62. The number of halogens is 4. The van der Waals surface area contributed by atoms with Gasteiger partial charge in [-0.3, -0.25) is 5.14 Å². The maximum absolute atomic E-state index is 14.7. The highest BCUT2D eigenvalue weighted by molar-refractivity contribution is 7.84. The van der Waals surface area contributed by atoms with Gasteiger partial charge in [-0.25, -0.2) is 8.60 Å². The predicted octanol–water partition coefficient (Wildman–Crippen LogP) is 5.75. The second-order valence-electron chi connectivity index (χ2n) is 9.15. The van der Waals surface area contributed by atoms with Gasteiger partial charge in [0.2, 0.25) is 0 Å². The summed E-state index contributed by atoms with van der Waals surface area (Å²) in [5.74, 6) is -1.97. The molecule has 1 aromatic heterocycles. The van der Waals surface area contributed by atoms with Gasteiger partial charge in [-0.05, 0) is 68.2 Å². The summed E-state index contributed by atoms with van der Waals surface area (Å²) in [6.07, 6.45) is -1.70. The minimum absolute atomic E-state index is 0.0212. The molecule has 1 aromatic carbocycles. The predicted molar refractivity (Wildman–Crippen MR) is 109 cm³/mol. The Morgan fingerprint density at radius 1 is 1.24 bits per heavy atom.